The van der Waals surface area contributed by atoms with E-state index in [9.17, 15) is 4.79 Å². The fourth-order valence-corrected chi connectivity index (χ4v) is 2.07. The van der Waals surface area contributed by atoms with E-state index >= 15 is 0 Å². The van der Waals surface area contributed by atoms with Crippen molar-refractivity contribution in [2.45, 2.75) is 39.2 Å². The van der Waals surface area contributed by atoms with Crippen LogP contribution in [0.25, 0.3) is 6.08 Å². The fraction of sp³-hybridized carbons (Fsp3) is 0.389. The Labute approximate surface area is 142 Å². The number of hydrogen-bond donors (Lipinski definition) is 2. The van der Waals surface area contributed by atoms with Crippen LogP contribution < -0.4 is 10.1 Å². The third kappa shape index (κ3) is 5.87. The lowest BCUT2D eigenvalue weighted by molar-refractivity contribution is -0.116. The number of aromatic nitrogens is 3. The number of rotatable bonds is 9. The first-order valence-corrected chi connectivity index (χ1v) is 8.25. The van der Waals surface area contributed by atoms with Crippen LogP contribution >= 0.6 is 0 Å². The van der Waals surface area contributed by atoms with Crippen LogP contribution in [0.2, 0.25) is 0 Å². The third-order valence-corrected chi connectivity index (χ3v) is 3.59. The van der Waals surface area contributed by atoms with Crippen LogP contribution in [0.3, 0.4) is 0 Å². The van der Waals surface area contributed by atoms with E-state index in [-0.39, 0.29) is 12.0 Å². The number of ether oxygens (including phenoxy) is 1. The van der Waals surface area contributed by atoms with Gasteiger partial charge in [-0.05, 0) is 31.9 Å². The Morgan fingerprint density at radius 3 is 3.00 bits per heavy atom. The number of H-pyrrole nitrogens is 1. The van der Waals surface area contributed by atoms with Crippen molar-refractivity contribution in [3.63, 3.8) is 0 Å². The monoisotopic (exact) mass is 328 g/mol. The largest absolute Gasteiger partial charge is 0.490 e. The summed E-state index contributed by atoms with van der Waals surface area (Å²) < 4.78 is 5.87. The topological polar surface area (TPSA) is 79.9 Å². The van der Waals surface area contributed by atoms with Crippen LogP contribution in [0.1, 0.15) is 38.1 Å². The Hall–Kier alpha value is -2.63. The number of amides is 1. The number of carbonyl (C=O) groups is 1. The number of nitrogens with one attached hydrogen (secondary N) is 2. The van der Waals surface area contributed by atoms with Gasteiger partial charge in [0, 0.05) is 24.6 Å². The molecule has 0 aliphatic rings. The van der Waals surface area contributed by atoms with Crippen molar-refractivity contribution < 1.29 is 9.53 Å². The second-order valence-electron chi connectivity index (χ2n) is 5.53. The second kappa shape index (κ2) is 9.50. The highest BCUT2D eigenvalue weighted by atomic mass is 16.5. The number of nitrogens with zero attached hydrogens (tertiary/aromatic N) is 2. The van der Waals surface area contributed by atoms with Gasteiger partial charge < -0.3 is 10.1 Å². The third-order valence-electron chi connectivity index (χ3n) is 3.59. The minimum Gasteiger partial charge on any atom is -0.490 e. The van der Waals surface area contributed by atoms with Gasteiger partial charge in [-0.15, -0.1) is 0 Å². The summed E-state index contributed by atoms with van der Waals surface area (Å²) in [6.07, 6.45) is 7.44. The Kier molecular flexibility index (Phi) is 7.01. The number of hydrogen-bond acceptors (Lipinski definition) is 4. The number of carbonyl (C=O) groups excluding carboxylic acids is 1. The Balaban J connectivity index is 1.80. The molecule has 6 heteroatoms. The highest BCUT2D eigenvalue weighted by Crippen LogP contribution is 2.21. The highest BCUT2D eigenvalue weighted by Gasteiger charge is 2.05. The number of aromatic amines is 1. The van der Waals surface area contributed by atoms with Crippen LogP contribution in [0.15, 0.2) is 36.7 Å². The summed E-state index contributed by atoms with van der Waals surface area (Å²) in [5.41, 5.74) is 0.898. The summed E-state index contributed by atoms with van der Waals surface area (Å²) in [5.74, 6) is 1.50. The van der Waals surface area contributed by atoms with Crippen molar-refractivity contribution in [3.8, 4) is 5.75 Å². The molecule has 1 aromatic carbocycles. The summed E-state index contributed by atoms with van der Waals surface area (Å²) >= 11 is 0. The zero-order valence-corrected chi connectivity index (χ0v) is 14.2. The van der Waals surface area contributed by atoms with Crippen molar-refractivity contribution in [2.24, 2.45) is 0 Å². The number of para-hydroxylation sites is 1. The van der Waals surface area contributed by atoms with Crippen molar-refractivity contribution in [1.29, 1.82) is 0 Å². The zero-order chi connectivity index (χ0) is 17.2. The smallest absolute Gasteiger partial charge is 0.244 e. The molecule has 0 aliphatic heterocycles. The van der Waals surface area contributed by atoms with Crippen LogP contribution in [0.4, 0.5) is 0 Å². The molecule has 2 aromatic rings. The lowest BCUT2D eigenvalue weighted by Gasteiger charge is -2.14. The van der Waals surface area contributed by atoms with Gasteiger partial charge in [0.15, 0.2) is 0 Å². The first-order valence-electron chi connectivity index (χ1n) is 8.25. The van der Waals surface area contributed by atoms with E-state index in [0.29, 0.717) is 6.54 Å². The average molecular weight is 328 g/mol. The fourth-order valence-electron chi connectivity index (χ4n) is 2.07. The highest BCUT2D eigenvalue weighted by molar-refractivity contribution is 5.92. The molecule has 1 atom stereocenters. The van der Waals surface area contributed by atoms with E-state index in [0.717, 1.165) is 36.4 Å². The summed E-state index contributed by atoms with van der Waals surface area (Å²) in [6, 6.07) is 7.71. The molecule has 128 valence electrons. The van der Waals surface area contributed by atoms with E-state index in [1.807, 2.05) is 31.2 Å². The molecule has 6 nitrogen and oxygen atoms in total. The van der Waals surface area contributed by atoms with Crippen molar-refractivity contribution in [1.82, 2.24) is 20.5 Å². The zero-order valence-electron chi connectivity index (χ0n) is 14.2. The lowest BCUT2D eigenvalue weighted by atomic mass is 10.2. The van der Waals surface area contributed by atoms with Crippen molar-refractivity contribution >= 4 is 12.0 Å². The summed E-state index contributed by atoms with van der Waals surface area (Å²) in [6.45, 7) is 4.70. The maximum Gasteiger partial charge on any atom is 0.244 e. The Morgan fingerprint density at radius 1 is 1.42 bits per heavy atom. The molecule has 1 heterocycles. The maximum absolute atomic E-state index is 11.9. The molecule has 0 bridgehead atoms. The quantitative estimate of drug-likeness (QED) is 0.548. The van der Waals surface area contributed by atoms with Crippen LogP contribution in [-0.4, -0.2) is 33.7 Å². The van der Waals surface area contributed by atoms with E-state index < -0.39 is 0 Å². The minimum atomic E-state index is -0.120. The molecule has 1 amide bonds. The molecular formula is C18H24N4O2. The number of aryl methyl sites for hydroxylation is 1. The SMILES string of the molecule is CCC(C)Oc1ccccc1C=CC(=O)NCCCc1ncn[nH]1. The molecule has 24 heavy (non-hydrogen) atoms. The van der Waals surface area contributed by atoms with E-state index in [1.54, 1.807) is 6.08 Å². The number of benzene rings is 1. The molecule has 0 saturated carbocycles. The summed E-state index contributed by atoms with van der Waals surface area (Å²) in [4.78, 5) is 15.9. The molecule has 0 spiro atoms. The minimum absolute atomic E-state index is 0.120. The first kappa shape index (κ1) is 17.7. The Bertz CT molecular complexity index is 653. The molecule has 0 radical (unpaired) electrons. The van der Waals surface area contributed by atoms with E-state index in [1.165, 1.54) is 12.4 Å². The molecule has 2 rings (SSSR count). The molecule has 1 unspecified atom stereocenters. The van der Waals surface area contributed by atoms with Crippen LogP contribution in [0, 0.1) is 0 Å². The molecule has 2 N–H and O–H groups in total. The predicted molar refractivity (Wildman–Crippen MR) is 93.6 cm³/mol. The Morgan fingerprint density at radius 2 is 2.25 bits per heavy atom. The van der Waals surface area contributed by atoms with Gasteiger partial charge >= 0.3 is 0 Å². The average Bonchev–Trinajstić information content (AvgIpc) is 3.11. The van der Waals surface area contributed by atoms with Crippen molar-refractivity contribution in [3.05, 3.63) is 48.1 Å². The van der Waals surface area contributed by atoms with Crippen molar-refractivity contribution in [2.75, 3.05) is 6.54 Å². The molecule has 1 aromatic heterocycles. The predicted octanol–water partition coefficient (Wildman–Crippen LogP) is 2.74. The van der Waals surface area contributed by atoms with Crippen LogP contribution in [0.5, 0.6) is 5.75 Å². The van der Waals surface area contributed by atoms with Gasteiger partial charge in [-0.2, -0.15) is 5.10 Å². The van der Waals surface area contributed by atoms with Gasteiger partial charge in [0.25, 0.3) is 0 Å². The lowest BCUT2D eigenvalue weighted by Crippen LogP contribution is -2.22. The molecular weight excluding hydrogens is 304 g/mol. The summed E-state index contributed by atoms with van der Waals surface area (Å²) in [5, 5.41) is 9.44. The van der Waals surface area contributed by atoms with Gasteiger partial charge in [-0.1, -0.05) is 25.1 Å². The first-order chi connectivity index (χ1) is 11.7. The standard InChI is InChI=1S/C18H24N4O2/c1-3-14(2)24-16-8-5-4-7-15(16)10-11-18(23)19-12-6-9-17-20-13-21-22-17/h4-5,7-8,10-11,13-14H,3,6,9,12H2,1-2H3,(H,19,23)(H,20,21,22). The molecule has 0 aliphatic carbocycles. The van der Waals surface area contributed by atoms with Gasteiger partial charge in [0.05, 0.1) is 6.10 Å². The van der Waals surface area contributed by atoms with Gasteiger partial charge in [0.1, 0.15) is 17.9 Å². The van der Waals surface area contributed by atoms with E-state index in [4.69, 9.17) is 4.74 Å². The molecule has 0 fully saturated rings. The summed E-state index contributed by atoms with van der Waals surface area (Å²) in [7, 11) is 0. The van der Waals surface area contributed by atoms with Gasteiger partial charge in [-0.3, -0.25) is 9.89 Å². The van der Waals surface area contributed by atoms with Gasteiger partial charge in [-0.25, -0.2) is 4.98 Å². The normalized spacial score (nSPS) is 12.2. The van der Waals surface area contributed by atoms with E-state index in [2.05, 4.69) is 27.4 Å². The van der Waals surface area contributed by atoms with Crippen LogP contribution in [-0.2, 0) is 11.2 Å². The molecule has 0 saturated heterocycles. The maximum atomic E-state index is 11.9. The second-order valence-corrected chi connectivity index (χ2v) is 5.53. The van der Waals surface area contributed by atoms with Gasteiger partial charge in [0.2, 0.25) is 5.91 Å².